The fourth-order valence-electron chi connectivity index (χ4n) is 1.06. The summed E-state index contributed by atoms with van der Waals surface area (Å²) in [6, 6.07) is 1.80. The summed E-state index contributed by atoms with van der Waals surface area (Å²) >= 11 is 4.92. The first-order chi connectivity index (χ1) is 5.65. The molecule has 0 saturated carbocycles. The molecule has 0 spiro atoms. The third-order valence-electron chi connectivity index (χ3n) is 1.75. The average molecular weight is 181 g/mol. The zero-order valence-corrected chi connectivity index (χ0v) is 7.99. The lowest BCUT2D eigenvalue weighted by atomic mass is 10.1. The van der Waals surface area contributed by atoms with Gasteiger partial charge in [0.25, 0.3) is 0 Å². The Morgan fingerprint density at radius 1 is 1.67 bits per heavy atom. The van der Waals surface area contributed by atoms with Crippen molar-refractivity contribution in [2.45, 2.75) is 20.3 Å². The van der Waals surface area contributed by atoms with Gasteiger partial charge in [0.2, 0.25) is 0 Å². The molecule has 0 aliphatic carbocycles. The van der Waals surface area contributed by atoms with Crippen LogP contribution in [-0.2, 0) is 0 Å². The molecule has 0 aromatic carbocycles. The van der Waals surface area contributed by atoms with Gasteiger partial charge in [0.05, 0.1) is 0 Å². The van der Waals surface area contributed by atoms with Crippen LogP contribution in [0.2, 0.25) is 0 Å². The molecule has 1 rings (SSSR count). The Labute approximate surface area is 76.6 Å². The smallest absolute Gasteiger partial charge is 0.164 e. The van der Waals surface area contributed by atoms with E-state index in [4.69, 9.17) is 12.2 Å². The van der Waals surface area contributed by atoms with E-state index >= 15 is 0 Å². The number of hydrogen-bond donors (Lipinski definition) is 1. The molecule has 0 bridgehead atoms. The van der Waals surface area contributed by atoms with Crippen molar-refractivity contribution in [3.8, 4) is 0 Å². The fourth-order valence-corrected chi connectivity index (χ4v) is 1.30. The van der Waals surface area contributed by atoms with Crippen molar-refractivity contribution in [1.82, 2.24) is 4.98 Å². The summed E-state index contributed by atoms with van der Waals surface area (Å²) in [6.07, 6.45) is 2.22. The molecule has 0 unspecified atom stereocenters. The topological polar surface area (TPSA) is 32.9 Å². The van der Waals surface area contributed by atoms with E-state index in [1.54, 1.807) is 12.3 Å². The van der Waals surface area contributed by atoms with Gasteiger partial charge in [-0.3, -0.25) is 4.79 Å². The number of rotatable bonds is 2. The molecule has 0 fully saturated rings. The first-order valence-corrected chi connectivity index (χ1v) is 4.28. The minimum atomic E-state index is 0.152. The van der Waals surface area contributed by atoms with Gasteiger partial charge in [0.1, 0.15) is 4.64 Å². The van der Waals surface area contributed by atoms with E-state index in [0.29, 0.717) is 11.1 Å². The average Bonchev–Trinajstić information content (AvgIpc) is 2.03. The van der Waals surface area contributed by atoms with Crippen molar-refractivity contribution in [1.29, 1.82) is 0 Å². The normalized spacial score (nSPS) is 9.83. The quantitative estimate of drug-likeness (QED) is 0.562. The van der Waals surface area contributed by atoms with Crippen LogP contribution in [0.3, 0.4) is 0 Å². The molecule has 1 N–H and O–H groups in total. The predicted octanol–water partition coefficient (Wildman–Crippen LogP) is 2.65. The Hall–Kier alpha value is -0.960. The molecule has 0 radical (unpaired) electrons. The minimum Gasteiger partial charge on any atom is -0.352 e. The number of ketones is 1. The number of aryl methyl sites for hydroxylation is 1. The second kappa shape index (κ2) is 3.63. The number of Topliss-reactive ketones (excluding diaryl/α,β-unsaturated/α-hetero) is 1. The Kier molecular flexibility index (Phi) is 2.76. The molecule has 1 aromatic rings. The number of aromatic nitrogens is 1. The minimum absolute atomic E-state index is 0.152. The Morgan fingerprint density at radius 2 is 2.33 bits per heavy atom. The lowest BCUT2D eigenvalue weighted by Crippen LogP contribution is -2.00. The van der Waals surface area contributed by atoms with E-state index in [0.717, 1.165) is 11.1 Å². The van der Waals surface area contributed by atoms with Crippen LogP contribution in [0.5, 0.6) is 0 Å². The molecule has 3 heteroatoms. The number of carbonyl (C=O) groups excluding carboxylic acids is 1. The SMILES string of the molecule is CCC(=O)c1c[nH]c(=S)cc1C. The lowest BCUT2D eigenvalue weighted by Gasteiger charge is -2.01. The first kappa shape index (κ1) is 9.13. The van der Waals surface area contributed by atoms with Gasteiger partial charge in [-0.25, -0.2) is 0 Å². The van der Waals surface area contributed by atoms with Gasteiger partial charge in [-0.05, 0) is 18.6 Å². The van der Waals surface area contributed by atoms with E-state index < -0.39 is 0 Å². The van der Waals surface area contributed by atoms with Crippen LogP contribution in [0.1, 0.15) is 29.3 Å². The number of hydrogen-bond acceptors (Lipinski definition) is 2. The molecule has 12 heavy (non-hydrogen) atoms. The van der Waals surface area contributed by atoms with Gasteiger partial charge < -0.3 is 4.98 Å². The van der Waals surface area contributed by atoms with Crippen molar-refractivity contribution in [2.24, 2.45) is 0 Å². The van der Waals surface area contributed by atoms with Gasteiger partial charge in [-0.15, -0.1) is 0 Å². The molecule has 0 saturated heterocycles. The third kappa shape index (κ3) is 1.80. The van der Waals surface area contributed by atoms with Crippen molar-refractivity contribution < 1.29 is 4.79 Å². The summed E-state index contributed by atoms with van der Waals surface area (Å²) in [6.45, 7) is 3.75. The Bertz CT molecular complexity index is 354. The van der Waals surface area contributed by atoms with Gasteiger partial charge in [0, 0.05) is 18.2 Å². The van der Waals surface area contributed by atoms with E-state index in [-0.39, 0.29) is 5.78 Å². The molecular weight excluding hydrogens is 170 g/mol. The van der Waals surface area contributed by atoms with Crippen molar-refractivity contribution in [3.05, 3.63) is 28.0 Å². The zero-order chi connectivity index (χ0) is 9.14. The highest BCUT2D eigenvalue weighted by atomic mass is 32.1. The molecular formula is C9H11NOS. The third-order valence-corrected chi connectivity index (χ3v) is 1.99. The molecule has 0 amide bonds. The van der Waals surface area contributed by atoms with Crippen LogP contribution in [0.15, 0.2) is 12.3 Å². The summed E-state index contributed by atoms with van der Waals surface area (Å²) in [5, 5.41) is 0. The Balaban J connectivity index is 3.18. The van der Waals surface area contributed by atoms with Crippen molar-refractivity contribution >= 4 is 18.0 Å². The summed E-state index contributed by atoms with van der Waals surface area (Å²) in [4.78, 5) is 14.1. The first-order valence-electron chi connectivity index (χ1n) is 3.87. The maximum atomic E-state index is 11.3. The number of nitrogens with one attached hydrogen (secondary N) is 1. The van der Waals surface area contributed by atoms with E-state index in [1.165, 1.54) is 0 Å². The second-order valence-electron chi connectivity index (χ2n) is 2.67. The number of H-pyrrole nitrogens is 1. The van der Waals surface area contributed by atoms with Gasteiger partial charge in [-0.2, -0.15) is 0 Å². The molecule has 1 aromatic heterocycles. The molecule has 2 nitrogen and oxygen atoms in total. The van der Waals surface area contributed by atoms with Crippen LogP contribution in [0, 0.1) is 11.6 Å². The van der Waals surface area contributed by atoms with E-state index in [2.05, 4.69) is 4.98 Å². The molecule has 0 aliphatic heterocycles. The van der Waals surface area contributed by atoms with E-state index in [1.807, 2.05) is 13.8 Å². The van der Waals surface area contributed by atoms with Crippen LogP contribution >= 0.6 is 12.2 Å². The molecule has 0 atom stereocenters. The van der Waals surface area contributed by atoms with Crippen molar-refractivity contribution in [2.75, 3.05) is 0 Å². The summed E-state index contributed by atoms with van der Waals surface area (Å²) < 4.78 is 0.667. The lowest BCUT2D eigenvalue weighted by molar-refractivity contribution is 0.0987. The predicted molar refractivity (Wildman–Crippen MR) is 51.0 cm³/mol. The highest BCUT2D eigenvalue weighted by Gasteiger charge is 2.05. The molecule has 64 valence electrons. The van der Waals surface area contributed by atoms with E-state index in [9.17, 15) is 4.79 Å². The monoisotopic (exact) mass is 181 g/mol. The Morgan fingerprint density at radius 3 is 2.83 bits per heavy atom. The maximum Gasteiger partial charge on any atom is 0.164 e. The number of pyridine rings is 1. The molecule has 0 aliphatic rings. The van der Waals surface area contributed by atoms with Gasteiger partial charge in [0.15, 0.2) is 5.78 Å². The largest absolute Gasteiger partial charge is 0.352 e. The highest BCUT2D eigenvalue weighted by Crippen LogP contribution is 2.08. The molecule has 1 heterocycles. The highest BCUT2D eigenvalue weighted by molar-refractivity contribution is 7.71. The summed E-state index contributed by atoms with van der Waals surface area (Å²) in [5.41, 5.74) is 1.69. The van der Waals surface area contributed by atoms with Crippen molar-refractivity contribution in [3.63, 3.8) is 0 Å². The van der Waals surface area contributed by atoms with Crippen LogP contribution < -0.4 is 0 Å². The summed E-state index contributed by atoms with van der Waals surface area (Å²) in [5.74, 6) is 0.152. The van der Waals surface area contributed by atoms with Crippen LogP contribution in [0.4, 0.5) is 0 Å². The second-order valence-corrected chi connectivity index (χ2v) is 3.11. The van der Waals surface area contributed by atoms with Gasteiger partial charge in [-0.1, -0.05) is 19.1 Å². The van der Waals surface area contributed by atoms with Crippen LogP contribution in [-0.4, -0.2) is 10.8 Å². The number of carbonyl (C=O) groups is 1. The van der Waals surface area contributed by atoms with Crippen LogP contribution in [0.25, 0.3) is 0 Å². The fraction of sp³-hybridized carbons (Fsp3) is 0.333. The maximum absolute atomic E-state index is 11.3. The van der Waals surface area contributed by atoms with Gasteiger partial charge >= 0.3 is 0 Å². The zero-order valence-electron chi connectivity index (χ0n) is 7.18. The number of aromatic amines is 1. The standard InChI is InChI=1S/C9H11NOS/c1-3-8(11)7-5-10-9(12)4-6(7)2/h4-5H,3H2,1-2H3,(H,10,12). The summed E-state index contributed by atoms with van der Waals surface area (Å²) in [7, 11) is 0.